The highest BCUT2D eigenvalue weighted by molar-refractivity contribution is 7.80. The van der Waals surface area contributed by atoms with Crippen LogP contribution in [-0.4, -0.2) is 95.0 Å². The number of aliphatic imine (C=N–C) groups is 2. The predicted molar refractivity (Wildman–Crippen MR) is 145 cm³/mol. The molecule has 1 spiro atoms. The van der Waals surface area contributed by atoms with E-state index >= 15 is 0 Å². The molecule has 2 aliphatic carbocycles. The number of piperidine rings is 1. The van der Waals surface area contributed by atoms with Crippen LogP contribution < -0.4 is 11.1 Å². The molecular weight excluding hydrogens is 474 g/mol. The molecule has 36 heavy (non-hydrogen) atoms. The first-order chi connectivity index (χ1) is 17.5. The average molecular weight is 518 g/mol. The molecule has 5 unspecified atom stereocenters. The average Bonchev–Trinajstić information content (AvgIpc) is 3.14. The number of hydrogen-bond donors (Lipinski definition) is 2. The number of nitrogens with two attached hydrogens (primary N) is 1. The van der Waals surface area contributed by atoms with Crippen LogP contribution in [0.2, 0.25) is 0 Å². The summed E-state index contributed by atoms with van der Waals surface area (Å²) in [4.78, 5) is 24.8. The Balaban J connectivity index is 0.00000130. The van der Waals surface area contributed by atoms with Crippen molar-refractivity contribution < 1.29 is 9.00 Å². The van der Waals surface area contributed by atoms with Gasteiger partial charge in [-0.3, -0.25) is 14.7 Å². The molecule has 0 aromatic rings. The second-order valence-corrected chi connectivity index (χ2v) is 12.8. The van der Waals surface area contributed by atoms with Crippen LogP contribution >= 0.6 is 0 Å². The Kier molecular flexibility index (Phi) is 7.79. The van der Waals surface area contributed by atoms with Crippen molar-refractivity contribution in [3.8, 4) is 0 Å². The number of fused-ring (bicyclic) bond motifs is 1. The van der Waals surface area contributed by atoms with Gasteiger partial charge in [-0.15, -0.1) is 0 Å². The van der Waals surface area contributed by atoms with Crippen LogP contribution in [0.3, 0.4) is 0 Å². The van der Waals surface area contributed by atoms with Gasteiger partial charge in [0.15, 0.2) is 11.2 Å². The molecule has 10 heteroatoms. The highest BCUT2D eigenvalue weighted by Gasteiger charge is 2.62. The number of nitrogens with zero attached hydrogens (tertiary/aromatic N) is 5. The number of nitrogens with one attached hydrogen (secondary N) is 1. The number of rotatable bonds is 6. The fourth-order valence-corrected chi connectivity index (χ4v) is 8.47. The minimum Gasteiger partial charge on any atom is -0.333 e. The molecular formula is C26H43N7O2S. The van der Waals surface area contributed by atoms with Gasteiger partial charge in [0.05, 0.1) is 11.5 Å². The number of carbonyl (C=O) groups is 1. The second-order valence-electron chi connectivity index (χ2n) is 11.3. The van der Waals surface area contributed by atoms with Crippen LogP contribution in [0.25, 0.3) is 0 Å². The quantitative estimate of drug-likeness (QED) is 0.522. The lowest BCUT2D eigenvalue weighted by Crippen LogP contribution is -2.43. The van der Waals surface area contributed by atoms with Gasteiger partial charge in [0.2, 0.25) is 5.91 Å². The molecule has 2 saturated carbocycles. The first kappa shape index (κ1) is 26.2. The highest BCUT2D eigenvalue weighted by atomic mass is 32.2. The third-order valence-corrected chi connectivity index (χ3v) is 10.8. The number of amides is 1. The summed E-state index contributed by atoms with van der Waals surface area (Å²) in [5.41, 5.74) is 5.10. The largest absolute Gasteiger partial charge is 0.333 e. The Labute approximate surface area is 218 Å². The Hall–Kier alpha value is -1.46. The first-order valence-corrected chi connectivity index (χ1v) is 14.9. The molecule has 1 amide bonds. The normalized spacial score (nSPS) is 35.5. The monoisotopic (exact) mass is 517 g/mol. The summed E-state index contributed by atoms with van der Waals surface area (Å²) in [5.74, 6) is 2.80. The van der Waals surface area contributed by atoms with Gasteiger partial charge in [-0.25, -0.2) is 17.8 Å². The van der Waals surface area contributed by atoms with E-state index in [0.29, 0.717) is 17.8 Å². The summed E-state index contributed by atoms with van der Waals surface area (Å²) >= 11 is -1.03. The summed E-state index contributed by atoms with van der Waals surface area (Å²) in [6.45, 7) is 11.7. The van der Waals surface area contributed by atoms with Gasteiger partial charge < -0.3 is 11.1 Å². The van der Waals surface area contributed by atoms with Crippen LogP contribution in [0.1, 0.15) is 51.9 Å². The van der Waals surface area contributed by atoms with Crippen molar-refractivity contribution in [1.82, 2.24) is 18.8 Å². The Morgan fingerprint density at radius 1 is 1.08 bits per heavy atom. The van der Waals surface area contributed by atoms with Crippen molar-refractivity contribution in [2.45, 2.75) is 64.0 Å². The Morgan fingerprint density at radius 3 is 2.31 bits per heavy atom. The number of carbonyl (C=O) groups excluding carboxylic acids is 1. The molecule has 200 valence electrons. The SMILES string of the molecule is C=NC1=C(C=NC2CCN(S(=O)N3CC4CNCC4C3)CC2)C2(CC2)C(=O)N1C1CCCC1C.CN. The molecule has 0 radical (unpaired) electrons. The summed E-state index contributed by atoms with van der Waals surface area (Å²) in [6.07, 6.45) is 8.95. The summed E-state index contributed by atoms with van der Waals surface area (Å²) < 4.78 is 17.4. The highest BCUT2D eigenvalue weighted by Crippen LogP contribution is 2.59. The fourth-order valence-electron chi connectivity index (χ4n) is 6.98. The van der Waals surface area contributed by atoms with Gasteiger partial charge in [0, 0.05) is 44.0 Å². The van der Waals surface area contributed by atoms with Gasteiger partial charge in [0.1, 0.15) is 5.82 Å². The maximum Gasteiger partial charge on any atom is 0.239 e. The molecule has 6 aliphatic rings. The Morgan fingerprint density at radius 2 is 1.75 bits per heavy atom. The molecule has 5 fully saturated rings. The molecule has 0 aromatic carbocycles. The van der Waals surface area contributed by atoms with Crippen molar-refractivity contribution in [3.05, 3.63) is 11.4 Å². The van der Waals surface area contributed by atoms with E-state index in [1.54, 1.807) is 0 Å². The third kappa shape index (κ3) is 4.53. The fraction of sp³-hybridized carbons (Fsp3) is 0.808. The van der Waals surface area contributed by atoms with Gasteiger partial charge in [-0.1, -0.05) is 13.3 Å². The van der Waals surface area contributed by atoms with Crippen molar-refractivity contribution in [3.63, 3.8) is 0 Å². The molecule has 0 aromatic heterocycles. The first-order valence-electron chi connectivity index (χ1n) is 13.8. The van der Waals surface area contributed by atoms with Gasteiger partial charge in [-0.05, 0) is 83.1 Å². The standard InChI is InChI=1S/C25H38N6O2S.CH5N/c1-17-4-3-5-22(17)31-23(26-2)21(25(8-9-25)24(31)32)14-28-20-6-10-29(11-7-20)34(33)30-15-18-12-27-13-19(18)16-30;1-2/h14,17-20,22,27H,2-13,15-16H2,1H3;2H2,1H3. The number of hydrogen-bond acceptors (Lipinski definition) is 6. The van der Waals surface area contributed by atoms with Crippen LogP contribution in [-0.2, 0) is 16.0 Å². The van der Waals surface area contributed by atoms with E-state index in [1.165, 1.54) is 19.9 Å². The molecule has 3 saturated heterocycles. The molecule has 4 aliphatic heterocycles. The summed E-state index contributed by atoms with van der Waals surface area (Å²) in [6, 6.07) is 0.454. The van der Waals surface area contributed by atoms with E-state index < -0.39 is 16.6 Å². The lowest BCUT2D eigenvalue weighted by atomic mass is 9.98. The van der Waals surface area contributed by atoms with E-state index in [0.717, 1.165) is 82.8 Å². The van der Waals surface area contributed by atoms with Gasteiger partial charge in [0.25, 0.3) is 0 Å². The van der Waals surface area contributed by atoms with Crippen LogP contribution in [0, 0.1) is 23.2 Å². The van der Waals surface area contributed by atoms with E-state index in [1.807, 2.05) is 11.1 Å². The second kappa shape index (κ2) is 10.7. The molecule has 5 atom stereocenters. The molecule has 4 heterocycles. The predicted octanol–water partition coefficient (Wildman–Crippen LogP) is 1.55. The van der Waals surface area contributed by atoms with E-state index in [9.17, 15) is 9.00 Å². The zero-order valence-corrected chi connectivity index (χ0v) is 22.7. The smallest absolute Gasteiger partial charge is 0.239 e. The van der Waals surface area contributed by atoms with Crippen molar-refractivity contribution >= 4 is 30.0 Å². The molecule has 3 N–H and O–H groups in total. The van der Waals surface area contributed by atoms with E-state index in [-0.39, 0.29) is 18.0 Å². The van der Waals surface area contributed by atoms with Gasteiger partial charge >= 0.3 is 0 Å². The minimum atomic E-state index is -1.03. The van der Waals surface area contributed by atoms with Crippen LogP contribution in [0.15, 0.2) is 21.4 Å². The Bertz CT molecular complexity index is 929. The molecule has 9 nitrogen and oxygen atoms in total. The van der Waals surface area contributed by atoms with Gasteiger partial charge in [-0.2, -0.15) is 0 Å². The lowest BCUT2D eigenvalue weighted by Gasteiger charge is -2.32. The van der Waals surface area contributed by atoms with E-state index in [4.69, 9.17) is 4.99 Å². The zero-order chi connectivity index (χ0) is 25.4. The van der Waals surface area contributed by atoms with Crippen LogP contribution in [0.5, 0.6) is 0 Å². The third-order valence-electron chi connectivity index (χ3n) is 9.30. The minimum absolute atomic E-state index is 0.208. The summed E-state index contributed by atoms with van der Waals surface area (Å²) in [7, 11) is 1.50. The zero-order valence-electron chi connectivity index (χ0n) is 21.9. The lowest BCUT2D eigenvalue weighted by molar-refractivity contribution is -0.134. The summed E-state index contributed by atoms with van der Waals surface area (Å²) in [5, 5.41) is 3.45. The van der Waals surface area contributed by atoms with Crippen molar-refractivity contribution in [2.75, 3.05) is 46.3 Å². The van der Waals surface area contributed by atoms with E-state index in [2.05, 4.69) is 38.3 Å². The maximum atomic E-state index is 13.5. The van der Waals surface area contributed by atoms with Crippen molar-refractivity contribution in [1.29, 1.82) is 0 Å². The maximum absolute atomic E-state index is 13.5. The van der Waals surface area contributed by atoms with Crippen LogP contribution in [0.4, 0.5) is 0 Å². The molecule has 0 bridgehead atoms. The molecule has 6 rings (SSSR count). The van der Waals surface area contributed by atoms with Crippen molar-refractivity contribution in [2.24, 2.45) is 38.9 Å². The topological polar surface area (TPSA) is 107 Å².